The Bertz CT molecular complexity index is 380. The zero-order valence-corrected chi connectivity index (χ0v) is 9.02. The predicted octanol–water partition coefficient (Wildman–Crippen LogP) is 0.00750. The van der Waals surface area contributed by atoms with E-state index < -0.39 is 0 Å². The normalized spacial score (nSPS) is 9.13. The molecular weight excluding hydrogens is 212 g/mol. The van der Waals surface area contributed by atoms with Crippen LogP contribution >= 0.6 is 12.2 Å². The molecule has 0 aliphatic carbocycles. The number of anilines is 1. The van der Waals surface area contributed by atoms with Crippen LogP contribution in [0.5, 0.6) is 0 Å². The minimum absolute atomic E-state index is 0.328. The van der Waals surface area contributed by atoms with Gasteiger partial charge in [-0.05, 0) is 24.4 Å². The number of thiocarbonyl (C=S) groups is 1. The van der Waals surface area contributed by atoms with Gasteiger partial charge in [0.05, 0.1) is 5.56 Å². The molecule has 0 spiro atoms. The van der Waals surface area contributed by atoms with E-state index in [1.165, 1.54) is 0 Å². The minimum atomic E-state index is -0.328. The van der Waals surface area contributed by atoms with Crippen LogP contribution in [-0.4, -0.2) is 18.1 Å². The van der Waals surface area contributed by atoms with Crippen molar-refractivity contribution in [3.8, 4) is 0 Å². The fourth-order valence-corrected chi connectivity index (χ4v) is 0.998. The molecule has 5 N–H and O–H groups in total. The molecule has 5 nitrogen and oxygen atoms in total. The van der Waals surface area contributed by atoms with Gasteiger partial charge >= 0.3 is 0 Å². The van der Waals surface area contributed by atoms with E-state index in [9.17, 15) is 4.79 Å². The highest BCUT2D eigenvalue weighted by Gasteiger charge is 2.07. The number of carbonyl (C=O) groups is 1. The first kappa shape index (κ1) is 11.3. The lowest BCUT2D eigenvalue weighted by Crippen LogP contribution is -2.45. The van der Waals surface area contributed by atoms with E-state index in [1.54, 1.807) is 31.3 Å². The van der Waals surface area contributed by atoms with Gasteiger partial charge in [0.2, 0.25) is 0 Å². The summed E-state index contributed by atoms with van der Waals surface area (Å²) in [6.07, 6.45) is 0. The first-order valence-electron chi connectivity index (χ1n) is 4.27. The number of hydrogen-bond donors (Lipinski definition) is 4. The maximum absolute atomic E-state index is 11.5. The number of carbonyl (C=O) groups excluding carboxylic acids is 1. The summed E-state index contributed by atoms with van der Waals surface area (Å²) < 4.78 is 0. The Morgan fingerprint density at radius 3 is 2.60 bits per heavy atom. The minimum Gasteiger partial charge on any atom is -0.398 e. The highest BCUT2D eigenvalue weighted by Crippen LogP contribution is 2.09. The van der Waals surface area contributed by atoms with E-state index in [1.807, 2.05) is 0 Å². The predicted molar refractivity (Wildman–Crippen MR) is 63.1 cm³/mol. The third kappa shape index (κ3) is 3.10. The first-order chi connectivity index (χ1) is 7.15. The number of nitrogens with one attached hydrogen (secondary N) is 3. The van der Waals surface area contributed by atoms with Gasteiger partial charge in [-0.15, -0.1) is 0 Å². The van der Waals surface area contributed by atoms with Crippen molar-refractivity contribution in [3.05, 3.63) is 29.8 Å². The molecule has 80 valence electrons. The van der Waals surface area contributed by atoms with E-state index in [4.69, 9.17) is 18.0 Å². The van der Waals surface area contributed by atoms with Gasteiger partial charge in [-0.1, -0.05) is 12.1 Å². The number of hydrogen-bond acceptors (Lipinski definition) is 3. The standard InChI is InChI=1S/C9H12N4OS/c1-11-9(15)13-12-8(14)6-4-2-3-5-7(6)10/h2-5H,10H2,1H3,(H,12,14)(H2,11,13,15). The molecule has 1 aromatic carbocycles. The van der Waals surface area contributed by atoms with Crippen molar-refractivity contribution in [2.75, 3.05) is 12.8 Å². The van der Waals surface area contributed by atoms with Crippen LogP contribution in [0.25, 0.3) is 0 Å². The molecule has 0 saturated heterocycles. The number of amides is 1. The Morgan fingerprint density at radius 1 is 1.33 bits per heavy atom. The summed E-state index contributed by atoms with van der Waals surface area (Å²) >= 11 is 4.79. The molecule has 0 saturated carbocycles. The zero-order chi connectivity index (χ0) is 11.3. The van der Waals surface area contributed by atoms with Crippen molar-refractivity contribution < 1.29 is 4.79 Å². The molecule has 0 unspecified atom stereocenters. The third-order valence-electron chi connectivity index (χ3n) is 1.72. The lowest BCUT2D eigenvalue weighted by molar-refractivity contribution is 0.0944. The van der Waals surface area contributed by atoms with Crippen molar-refractivity contribution in [2.24, 2.45) is 0 Å². The number of nitrogen functional groups attached to an aromatic ring is 1. The number of benzene rings is 1. The van der Waals surface area contributed by atoms with E-state index >= 15 is 0 Å². The van der Waals surface area contributed by atoms with E-state index in [0.29, 0.717) is 16.4 Å². The second kappa shape index (κ2) is 5.16. The topological polar surface area (TPSA) is 79.2 Å². The summed E-state index contributed by atoms with van der Waals surface area (Å²) in [6.45, 7) is 0. The monoisotopic (exact) mass is 224 g/mol. The summed E-state index contributed by atoms with van der Waals surface area (Å²) in [4.78, 5) is 11.5. The van der Waals surface area contributed by atoms with Crippen LogP contribution in [0.2, 0.25) is 0 Å². The Balaban J connectivity index is 2.62. The van der Waals surface area contributed by atoms with Gasteiger partial charge in [0.1, 0.15) is 0 Å². The number of rotatable bonds is 1. The molecule has 0 aliphatic heterocycles. The van der Waals surface area contributed by atoms with Crippen LogP contribution in [-0.2, 0) is 0 Å². The Morgan fingerprint density at radius 2 is 2.00 bits per heavy atom. The van der Waals surface area contributed by atoms with Gasteiger partial charge in [0.15, 0.2) is 5.11 Å². The number of hydrazine groups is 1. The van der Waals surface area contributed by atoms with Gasteiger partial charge in [0.25, 0.3) is 5.91 Å². The molecule has 1 rings (SSSR count). The Kier molecular flexibility index (Phi) is 3.87. The molecule has 0 atom stereocenters. The van der Waals surface area contributed by atoms with E-state index in [0.717, 1.165) is 0 Å². The van der Waals surface area contributed by atoms with Gasteiger partial charge in [0, 0.05) is 12.7 Å². The second-order valence-corrected chi connectivity index (χ2v) is 3.15. The lowest BCUT2D eigenvalue weighted by Gasteiger charge is -2.09. The average Bonchev–Trinajstić information content (AvgIpc) is 2.26. The smallest absolute Gasteiger partial charge is 0.271 e. The molecule has 15 heavy (non-hydrogen) atoms. The summed E-state index contributed by atoms with van der Waals surface area (Å²) in [5.41, 5.74) is 11.4. The highest BCUT2D eigenvalue weighted by molar-refractivity contribution is 7.80. The van der Waals surface area contributed by atoms with Crippen LogP contribution in [0.4, 0.5) is 5.69 Å². The Labute approximate surface area is 93.0 Å². The van der Waals surface area contributed by atoms with Crippen LogP contribution in [0, 0.1) is 0 Å². The van der Waals surface area contributed by atoms with Crippen molar-refractivity contribution >= 4 is 28.9 Å². The van der Waals surface area contributed by atoms with Gasteiger partial charge in [-0.25, -0.2) is 0 Å². The first-order valence-corrected chi connectivity index (χ1v) is 4.68. The Hall–Kier alpha value is -1.82. The van der Waals surface area contributed by atoms with E-state index in [-0.39, 0.29) is 5.91 Å². The molecule has 1 amide bonds. The lowest BCUT2D eigenvalue weighted by atomic mass is 10.2. The summed E-state index contributed by atoms with van der Waals surface area (Å²) in [7, 11) is 1.65. The third-order valence-corrected chi connectivity index (χ3v) is 2.03. The van der Waals surface area contributed by atoms with Gasteiger partial charge in [-0.2, -0.15) is 0 Å². The van der Waals surface area contributed by atoms with E-state index in [2.05, 4.69) is 16.2 Å². The van der Waals surface area contributed by atoms with Crippen molar-refractivity contribution in [1.29, 1.82) is 0 Å². The molecule has 6 heteroatoms. The molecule has 0 radical (unpaired) electrons. The molecule has 0 bridgehead atoms. The number of nitrogens with two attached hydrogens (primary N) is 1. The molecule has 0 heterocycles. The maximum Gasteiger partial charge on any atom is 0.271 e. The SMILES string of the molecule is CNC(=S)NNC(=O)c1ccccc1N. The second-order valence-electron chi connectivity index (χ2n) is 2.75. The molecule has 0 aliphatic rings. The molecular formula is C9H12N4OS. The highest BCUT2D eigenvalue weighted by atomic mass is 32.1. The van der Waals surface area contributed by atoms with Crippen LogP contribution in [0.3, 0.4) is 0 Å². The molecule has 1 aromatic rings. The summed E-state index contributed by atoms with van der Waals surface area (Å²) in [5.74, 6) is -0.328. The van der Waals surface area contributed by atoms with Crippen LogP contribution in [0.1, 0.15) is 10.4 Å². The number of para-hydroxylation sites is 1. The van der Waals surface area contributed by atoms with Crippen molar-refractivity contribution in [3.63, 3.8) is 0 Å². The summed E-state index contributed by atoms with van der Waals surface area (Å²) in [5, 5.41) is 2.99. The largest absolute Gasteiger partial charge is 0.398 e. The fraction of sp³-hybridized carbons (Fsp3) is 0.111. The molecule has 0 aromatic heterocycles. The van der Waals surface area contributed by atoms with Crippen molar-refractivity contribution in [1.82, 2.24) is 16.2 Å². The van der Waals surface area contributed by atoms with Gasteiger partial charge < -0.3 is 11.1 Å². The molecule has 0 fully saturated rings. The fourth-order valence-electron chi connectivity index (χ4n) is 0.947. The maximum atomic E-state index is 11.5. The van der Waals surface area contributed by atoms with Crippen LogP contribution in [0.15, 0.2) is 24.3 Å². The summed E-state index contributed by atoms with van der Waals surface area (Å²) in [6, 6.07) is 6.79. The zero-order valence-electron chi connectivity index (χ0n) is 8.20. The van der Waals surface area contributed by atoms with Gasteiger partial charge in [-0.3, -0.25) is 15.6 Å². The average molecular weight is 224 g/mol. The van der Waals surface area contributed by atoms with Crippen molar-refractivity contribution in [2.45, 2.75) is 0 Å². The van der Waals surface area contributed by atoms with Crippen LogP contribution < -0.4 is 21.9 Å². The quantitative estimate of drug-likeness (QED) is 0.307.